The molecule has 2 rings (SSSR count). The lowest BCUT2D eigenvalue weighted by molar-refractivity contribution is 0.0636. The summed E-state index contributed by atoms with van der Waals surface area (Å²) in [7, 11) is 0. The lowest BCUT2D eigenvalue weighted by Crippen LogP contribution is -2.50. The molecule has 20 heavy (non-hydrogen) atoms. The second kappa shape index (κ2) is 5.71. The lowest BCUT2D eigenvalue weighted by Gasteiger charge is -2.28. The first-order chi connectivity index (χ1) is 9.33. The van der Waals surface area contributed by atoms with Gasteiger partial charge in [0.2, 0.25) is 0 Å². The van der Waals surface area contributed by atoms with Gasteiger partial charge >= 0.3 is 6.09 Å². The lowest BCUT2D eigenvalue weighted by atomic mass is 10.2. The maximum Gasteiger partial charge on any atom is 0.412 e. The third kappa shape index (κ3) is 4.13. The number of hydrogen-bond acceptors (Lipinski definition) is 4. The van der Waals surface area contributed by atoms with Gasteiger partial charge in [-0.25, -0.2) is 4.79 Å². The van der Waals surface area contributed by atoms with Crippen LogP contribution in [0.4, 0.5) is 10.5 Å². The van der Waals surface area contributed by atoms with Crippen LogP contribution < -0.4 is 15.4 Å². The number of carbonyl (C=O) groups excluding carboxylic acids is 1. The molecule has 1 fully saturated rings. The molecule has 0 spiro atoms. The molecule has 0 radical (unpaired) electrons. The maximum atomic E-state index is 11.8. The number of ether oxygens (including phenoxy) is 2. The normalized spacial score (nSPS) is 15.4. The number of carbonyl (C=O) groups is 1. The maximum absolute atomic E-state index is 11.8. The van der Waals surface area contributed by atoms with Crippen LogP contribution in [0.25, 0.3) is 0 Å². The topological polar surface area (TPSA) is 59.6 Å². The molecule has 0 saturated carbocycles. The molecule has 5 nitrogen and oxygen atoms in total. The van der Waals surface area contributed by atoms with Crippen LogP contribution in [-0.2, 0) is 4.74 Å². The number of aryl methyl sites for hydroxylation is 1. The second-order valence-corrected chi connectivity index (χ2v) is 6.00. The summed E-state index contributed by atoms with van der Waals surface area (Å²) < 4.78 is 11.0. The SMILES string of the molecule is Cc1ccc(OC2CNC2)cc1NC(=O)OC(C)(C)C. The van der Waals surface area contributed by atoms with Crippen molar-refractivity contribution in [3.8, 4) is 5.75 Å². The van der Waals surface area contributed by atoms with Crippen molar-refractivity contribution in [3.05, 3.63) is 23.8 Å². The van der Waals surface area contributed by atoms with Crippen LogP contribution >= 0.6 is 0 Å². The van der Waals surface area contributed by atoms with Gasteiger partial charge in [0.05, 0.1) is 5.69 Å². The minimum absolute atomic E-state index is 0.215. The molecule has 5 heteroatoms. The highest BCUT2D eigenvalue weighted by Crippen LogP contribution is 2.24. The van der Waals surface area contributed by atoms with Gasteiger partial charge in [0.25, 0.3) is 0 Å². The summed E-state index contributed by atoms with van der Waals surface area (Å²) in [5.74, 6) is 0.758. The van der Waals surface area contributed by atoms with E-state index in [-0.39, 0.29) is 6.10 Å². The Labute approximate surface area is 119 Å². The van der Waals surface area contributed by atoms with Crippen molar-refractivity contribution in [3.63, 3.8) is 0 Å². The average molecular weight is 278 g/mol. The zero-order chi connectivity index (χ0) is 14.8. The third-order valence-electron chi connectivity index (χ3n) is 2.89. The fraction of sp³-hybridized carbons (Fsp3) is 0.533. The molecule has 1 amide bonds. The molecule has 1 heterocycles. The molecule has 1 aromatic carbocycles. The predicted molar refractivity (Wildman–Crippen MR) is 78.3 cm³/mol. The van der Waals surface area contributed by atoms with Crippen molar-refractivity contribution in [1.29, 1.82) is 0 Å². The van der Waals surface area contributed by atoms with E-state index >= 15 is 0 Å². The van der Waals surface area contributed by atoms with Gasteiger partial charge in [0.15, 0.2) is 0 Å². The highest BCUT2D eigenvalue weighted by Gasteiger charge is 2.19. The van der Waals surface area contributed by atoms with E-state index in [4.69, 9.17) is 9.47 Å². The molecule has 0 atom stereocenters. The van der Waals surface area contributed by atoms with Gasteiger partial charge in [0, 0.05) is 19.2 Å². The van der Waals surface area contributed by atoms with Crippen LogP contribution in [0.2, 0.25) is 0 Å². The fourth-order valence-electron chi connectivity index (χ4n) is 1.76. The fourth-order valence-corrected chi connectivity index (χ4v) is 1.76. The predicted octanol–water partition coefficient (Wildman–Crippen LogP) is 2.69. The van der Waals surface area contributed by atoms with Gasteiger partial charge in [-0.2, -0.15) is 0 Å². The van der Waals surface area contributed by atoms with Crippen LogP contribution in [0, 0.1) is 6.92 Å². The molecule has 1 aliphatic heterocycles. The molecule has 0 unspecified atom stereocenters. The largest absolute Gasteiger partial charge is 0.488 e. The Hall–Kier alpha value is -1.75. The monoisotopic (exact) mass is 278 g/mol. The Kier molecular flexibility index (Phi) is 4.18. The third-order valence-corrected chi connectivity index (χ3v) is 2.89. The van der Waals surface area contributed by atoms with Crippen molar-refractivity contribution >= 4 is 11.8 Å². The smallest absolute Gasteiger partial charge is 0.412 e. The molecular formula is C15H22N2O3. The van der Waals surface area contributed by atoms with Crippen molar-refractivity contribution in [2.24, 2.45) is 0 Å². The minimum Gasteiger partial charge on any atom is -0.488 e. The van der Waals surface area contributed by atoms with Gasteiger partial charge in [-0.3, -0.25) is 5.32 Å². The number of benzene rings is 1. The molecule has 0 bridgehead atoms. The first-order valence-electron chi connectivity index (χ1n) is 6.81. The van der Waals surface area contributed by atoms with Crippen LogP contribution in [0.3, 0.4) is 0 Å². The Morgan fingerprint density at radius 1 is 1.35 bits per heavy atom. The van der Waals surface area contributed by atoms with E-state index in [1.165, 1.54) is 0 Å². The summed E-state index contributed by atoms with van der Waals surface area (Å²) in [5.41, 5.74) is 1.17. The minimum atomic E-state index is -0.510. The Bertz CT molecular complexity index is 490. The summed E-state index contributed by atoms with van der Waals surface area (Å²) in [4.78, 5) is 11.8. The van der Waals surface area contributed by atoms with Crippen LogP contribution in [-0.4, -0.2) is 30.9 Å². The highest BCUT2D eigenvalue weighted by molar-refractivity contribution is 5.86. The van der Waals surface area contributed by atoms with E-state index in [9.17, 15) is 4.79 Å². The first kappa shape index (κ1) is 14.7. The molecule has 1 aliphatic rings. The number of rotatable bonds is 3. The van der Waals surface area contributed by atoms with Gasteiger partial charge in [0.1, 0.15) is 17.5 Å². The quantitative estimate of drug-likeness (QED) is 0.892. The summed E-state index contributed by atoms with van der Waals surface area (Å²) in [6.07, 6.45) is -0.241. The average Bonchev–Trinajstić information content (AvgIpc) is 2.25. The Morgan fingerprint density at radius 2 is 2.05 bits per heavy atom. The molecular weight excluding hydrogens is 256 g/mol. The number of anilines is 1. The number of hydrogen-bond donors (Lipinski definition) is 2. The van der Waals surface area contributed by atoms with Gasteiger partial charge in [-0.05, 0) is 39.3 Å². The second-order valence-electron chi connectivity index (χ2n) is 6.00. The molecule has 0 aromatic heterocycles. The molecule has 0 aliphatic carbocycles. The molecule has 110 valence electrons. The first-order valence-corrected chi connectivity index (χ1v) is 6.81. The van der Waals surface area contributed by atoms with Crippen molar-refractivity contribution < 1.29 is 14.3 Å². The van der Waals surface area contributed by atoms with Crippen molar-refractivity contribution in [2.45, 2.75) is 39.4 Å². The van der Waals surface area contributed by atoms with Crippen molar-refractivity contribution in [1.82, 2.24) is 5.32 Å². The summed E-state index contributed by atoms with van der Waals surface area (Å²) in [5, 5.41) is 5.91. The van der Waals surface area contributed by atoms with E-state index in [2.05, 4.69) is 10.6 Å². The van der Waals surface area contributed by atoms with E-state index in [1.54, 1.807) is 0 Å². The van der Waals surface area contributed by atoms with Crippen LogP contribution in [0.5, 0.6) is 5.75 Å². The van der Waals surface area contributed by atoms with Gasteiger partial charge in [-0.15, -0.1) is 0 Å². The van der Waals surface area contributed by atoms with E-state index < -0.39 is 11.7 Å². The van der Waals surface area contributed by atoms with Crippen LogP contribution in [0.15, 0.2) is 18.2 Å². The van der Waals surface area contributed by atoms with Crippen LogP contribution in [0.1, 0.15) is 26.3 Å². The van der Waals surface area contributed by atoms with Gasteiger partial charge in [-0.1, -0.05) is 6.07 Å². The number of nitrogens with one attached hydrogen (secondary N) is 2. The summed E-state index contributed by atoms with van der Waals surface area (Å²) in [6, 6.07) is 5.67. The Morgan fingerprint density at radius 3 is 2.60 bits per heavy atom. The standard InChI is InChI=1S/C15H22N2O3/c1-10-5-6-11(19-12-8-16-9-12)7-13(10)17-14(18)20-15(2,3)4/h5-7,12,16H,8-9H2,1-4H3,(H,17,18). The summed E-state index contributed by atoms with van der Waals surface area (Å²) in [6.45, 7) is 9.17. The van der Waals surface area contributed by atoms with E-state index in [0.717, 1.165) is 24.4 Å². The van der Waals surface area contributed by atoms with Crippen molar-refractivity contribution in [2.75, 3.05) is 18.4 Å². The van der Waals surface area contributed by atoms with E-state index in [1.807, 2.05) is 45.9 Å². The zero-order valence-electron chi connectivity index (χ0n) is 12.4. The summed E-state index contributed by atoms with van der Waals surface area (Å²) >= 11 is 0. The van der Waals surface area contributed by atoms with Gasteiger partial charge < -0.3 is 14.8 Å². The molecule has 1 saturated heterocycles. The molecule has 2 N–H and O–H groups in total. The number of amides is 1. The zero-order valence-corrected chi connectivity index (χ0v) is 12.4. The highest BCUT2D eigenvalue weighted by atomic mass is 16.6. The Balaban J connectivity index is 2.02. The van der Waals surface area contributed by atoms with E-state index in [0.29, 0.717) is 5.69 Å². The molecule has 1 aromatic rings.